The van der Waals surface area contributed by atoms with Gasteiger partial charge in [0.2, 0.25) is 6.61 Å². The molecule has 0 saturated carbocycles. The third-order valence-corrected chi connectivity index (χ3v) is 6.18. The molecule has 1 saturated heterocycles. The monoisotopic (exact) mass is 487 g/mol. The van der Waals surface area contributed by atoms with Gasteiger partial charge in [0.15, 0.2) is 10.8 Å². The molecule has 3 heterocycles. The molecule has 15 heteroatoms. The molecule has 1 aromatic rings. The first-order chi connectivity index (χ1) is 14.7. The van der Waals surface area contributed by atoms with Gasteiger partial charge in [-0.1, -0.05) is 16.8 Å². The number of fused-ring (bicyclic) bond motifs is 1. The molecule has 5 N–H and O–H groups in total. The van der Waals surface area contributed by atoms with Crippen LogP contribution >= 0.6 is 34.7 Å². The van der Waals surface area contributed by atoms with Crippen LogP contribution in [-0.2, 0) is 24.0 Å². The van der Waals surface area contributed by atoms with Crippen LogP contribution in [0.15, 0.2) is 33.4 Å². The highest BCUT2D eigenvalue weighted by molar-refractivity contribution is 8.00. The SMILES string of the molecule is Nc1nc(/C(=N\OCC(=O)O)C(=O)NC2C(=O)N3C(C(=O)O)=C(/C=C/Cl)CSC23)cs1. The van der Waals surface area contributed by atoms with Crippen LogP contribution in [-0.4, -0.2) is 73.3 Å². The summed E-state index contributed by atoms with van der Waals surface area (Å²) in [6, 6.07) is -1.03. The van der Waals surface area contributed by atoms with Crippen LogP contribution in [0.1, 0.15) is 5.69 Å². The van der Waals surface area contributed by atoms with Crippen LogP contribution < -0.4 is 11.1 Å². The van der Waals surface area contributed by atoms with Gasteiger partial charge in [0, 0.05) is 16.7 Å². The van der Waals surface area contributed by atoms with E-state index in [1.807, 2.05) is 0 Å². The fraction of sp³-hybridized carbons (Fsp3) is 0.250. The number of β-lactam (4-membered cyclic amide) rings is 1. The van der Waals surface area contributed by atoms with E-state index in [-0.39, 0.29) is 28.0 Å². The number of carbonyl (C=O) groups excluding carboxylic acids is 2. The van der Waals surface area contributed by atoms with E-state index in [9.17, 15) is 24.3 Å². The fourth-order valence-corrected chi connectivity index (χ4v) is 4.83. The Labute approximate surface area is 187 Å². The van der Waals surface area contributed by atoms with Crippen LogP contribution in [0.5, 0.6) is 0 Å². The summed E-state index contributed by atoms with van der Waals surface area (Å²) in [5.41, 5.74) is 6.54. The zero-order chi connectivity index (χ0) is 22.7. The second-order valence-electron chi connectivity index (χ2n) is 6.01. The van der Waals surface area contributed by atoms with E-state index >= 15 is 0 Å². The van der Waals surface area contributed by atoms with Gasteiger partial charge in [-0.15, -0.1) is 23.1 Å². The first kappa shape index (κ1) is 22.6. The second kappa shape index (κ2) is 9.36. The number of hydrogen-bond donors (Lipinski definition) is 4. The first-order valence-electron chi connectivity index (χ1n) is 8.36. The standard InChI is InChI=1S/C16H14ClN5O7S2/c17-2-1-6-4-30-14-10(13(26)22(14)11(6)15(27)28)20-12(25)9(21-29-3-8(23)24)7-5-31-16(18)19-7/h1-2,5,10,14H,3-4H2,(H2,18,19)(H,20,25)(H,23,24)(H,27,28)/b2-1+,21-9+. The van der Waals surface area contributed by atoms with Gasteiger partial charge in [-0.25, -0.2) is 14.6 Å². The molecule has 3 rings (SSSR count). The topological polar surface area (TPSA) is 185 Å². The highest BCUT2D eigenvalue weighted by Gasteiger charge is 2.54. The third-order valence-electron chi connectivity index (χ3n) is 4.07. The Balaban J connectivity index is 1.80. The quantitative estimate of drug-likeness (QED) is 0.221. The molecular weight excluding hydrogens is 474 g/mol. The van der Waals surface area contributed by atoms with Crippen molar-refractivity contribution in [2.75, 3.05) is 18.1 Å². The maximum Gasteiger partial charge on any atom is 0.352 e. The number of oxime groups is 1. The first-order valence-corrected chi connectivity index (χ1v) is 10.7. The van der Waals surface area contributed by atoms with Crippen LogP contribution in [0.4, 0.5) is 5.13 Å². The molecule has 1 aromatic heterocycles. The van der Waals surface area contributed by atoms with E-state index in [2.05, 4.69) is 20.3 Å². The van der Waals surface area contributed by atoms with Gasteiger partial charge < -0.3 is 26.1 Å². The van der Waals surface area contributed by atoms with Crippen LogP contribution in [0.2, 0.25) is 0 Å². The molecule has 0 aliphatic carbocycles. The van der Waals surface area contributed by atoms with Gasteiger partial charge in [0.1, 0.15) is 22.8 Å². The lowest BCUT2D eigenvalue weighted by molar-refractivity contribution is -0.150. The minimum atomic E-state index is -1.31. The Morgan fingerprint density at radius 1 is 1.45 bits per heavy atom. The number of aromatic nitrogens is 1. The van der Waals surface area contributed by atoms with Crippen molar-refractivity contribution in [2.24, 2.45) is 5.16 Å². The lowest BCUT2D eigenvalue weighted by Crippen LogP contribution is -2.71. The normalized spacial score (nSPS) is 21.0. The van der Waals surface area contributed by atoms with Crippen molar-refractivity contribution in [3.8, 4) is 0 Å². The summed E-state index contributed by atoms with van der Waals surface area (Å²) < 4.78 is 0. The molecule has 12 nitrogen and oxygen atoms in total. The number of nitrogens with two attached hydrogens (primary N) is 1. The molecule has 0 bridgehead atoms. The summed E-state index contributed by atoms with van der Waals surface area (Å²) in [4.78, 5) is 57.3. The second-order valence-corrected chi connectivity index (χ2v) is 8.26. The molecule has 2 atom stereocenters. The maximum atomic E-state index is 12.8. The van der Waals surface area contributed by atoms with Gasteiger partial charge in [-0.2, -0.15) is 0 Å². The molecule has 2 amide bonds. The van der Waals surface area contributed by atoms with Crippen LogP contribution in [0, 0.1) is 0 Å². The van der Waals surface area contributed by atoms with Crippen molar-refractivity contribution in [3.05, 3.63) is 34.0 Å². The van der Waals surface area contributed by atoms with E-state index in [1.54, 1.807) is 0 Å². The summed E-state index contributed by atoms with van der Waals surface area (Å²) in [7, 11) is 0. The highest BCUT2D eigenvalue weighted by Crippen LogP contribution is 2.40. The van der Waals surface area contributed by atoms with Crippen LogP contribution in [0.25, 0.3) is 0 Å². The van der Waals surface area contributed by atoms with Crippen molar-refractivity contribution in [3.63, 3.8) is 0 Å². The molecule has 0 aromatic carbocycles. The lowest BCUT2D eigenvalue weighted by atomic mass is 10.0. The van der Waals surface area contributed by atoms with Crippen molar-refractivity contribution < 1.29 is 34.2 Å². The number of carboxylic acid groups (broad SMARTS) is 2. The number of carboxylic acids is 2. The Morgan fingerprint density at radius 2 is 2.19 bits per heavy atom. The molecule has 1 fully saturated rings. The molecule has 164 valence electrons. The van der Waals surface area contributed by atoms with E-state index < -0.39 is 41.8 Å². The molecular formula is C16H14ClN5O7S2. The largest absolute Gasteiger partial charge is 0.479 e. The Morgan fingerprint density at radius 3 is 2.77 bits per heavy atom. The number of amides is 2. The van der Waals surface area contributed by atoms with Gasteiger partial charge in [0.25, 0.3) is 11.8 Å². The van der Waals surface area contributed by atoms with Gasteiger partial charge in [-0.3, -0.25) is 14.5 Å². The average Bonchev–Trinajstić information content (AvgIpc) is 3.14. The number of aliphatic carboxylic acids is 2. The molecule has 2 aliphatic rings. The maximum absolute atomic E-state index is 12.8. The molecule has 0 radical (unpaired) electrons. The summed E-state index contributed by atoms with van der Waals surface area (Å²) in [6.45, 7) is -0.797. The zero-order valence-electron chi connectivity index (χ0n) is 15.4. The number of allylic oxidation sites excluding steroid dienone is 1. The Bertz CT molecular complexity index is 1040. The van der Waals surface area contributed by atoms with Crippen molar-refractivity contribution in [1.82, 2.24) is 15.2 Å². The average molecular weight is 488 g/mol. The fourth-order valence-electron chi connectivity index (χ4n) is 2.81. The van der Waals surface area contributed by atoms with Crippen molar-refractivity contribution in [2.45, 2.75) is 11.4 Å². The van der Waals surface area contributed by atoms with Crippen LogP contribution in [0.3, 0.4) is 0 Å². The number of thiazole rings is 1. The predicted molar refractivity (Wildman–Crippen MR) is 111 cm³/mol. The van der Waals surface area contributed by atoms with Gasteiger partial charge in [0.05, 0.1) is 0 Å². The minimum absolute atomic E-state index is 0.0333. The summed E-state index contributed by atoms with van der Waals surface area (Å²) in [5, 5.41) is 25.1. The molecule has 2 aliphatic heterocycles. The number of nitrogen functional groups attached to an aromatic ring is 1. The zero-order valence-corrected chi connectivity index (χ0v) is 17.7. The molecule has 2 unspecified atom stereocenters. The predicted octanol–water partition coefficient (Wildman–Crippen LogP) is 0.0217. The smallest absolute Gasteiger partial charge is 0.352 e. The number of rotatable bonds is 8. The van der Waals surface area contributed by atoms with Gasteiger partial charge in [-0.05, 0) is 11.6 Å². The minimum Gasteiger partial charge on any atom is -0.479 e. The Hall–Kier alpha value is -3.10. The summed E-state index contributed by atoms with van der Waals surface area (Å²) in [5.74, 6) is -3.83. The Kier molecular flexibility index (Phi) is 6.82. The van der Waals surface area contributed by atoms with E-state index in [1.165, 1.54) is 23.2 Å². The highest BCUT2D eigenvalue weighted by atomic mass is 35.5. The van der Waals surface area contributed by atoms with Crippen molar-refractivity contribution >= 4 is 69.3 Å². The number of hydrogen-bond acceptors (Lipinski definition) is 10. The number of nitrogens with one attached hydrogen (secondary N) is 1. The van der Waals surface area contributed by atoms with E-state index in [0.717, 1.165) is 21.8 Å². The molecule has 0 spiro atoms. The summed E-state index contributed by atoms with van der Waals surface area (Å²) in [6.07, 6.45) is 1.39. The number of anilines is 1. The van der Waals surface area contributed by atoms with E-state index in [0.29, 0.717) is 5.57 Å². The van der Waals surface area contributed by atoms with Crippen molar-refractivity contribution in [1.29, 1.82) is 0 Å². The molecule has 31 heavy (non-hydrogen) atoms. The summed E-state index contributed by atoms with van der Waals surface area (Å²) >= 11 is 7.81. The number of thioether (sulfide) groups is 1. The number of carbonyl (C=O) groups is 4. The number of nitrogens with zero attached hydrogens (tertiary/aromatic N) is 3. The van der Waals surface area contributed by atoms with E-state index in [4.69, 9.17) is 22.4 Å². The number of halogens is 1. The van der Waals surface area contributed by atoms with Gasteiger partial charge >= 0.3 is 11.9 Å². The third kappa shape index (κ3) is 4.65. The lowest BCUT2D eigenvalue weighted by Gasteiger charge is -2.49.